The van der Waals surface area contributed by atoms with Crippen molar-refractivity contribution in [1.82, 2.24) is 0 Å². The number of fused-ring (bicyclic) bond motifs is 1. The van der Waals surface area contributed by atoms with Crippen LogP contribution in [0.25, 0.3) is 0 Å². The minimum atomic E-state index is -0.673. The molecule has 2 amide bonds. The molecule has 0 saturated carbocycles. The molecule has 1 aliphatic heterocycles. The molecule has 0 bridgehead atoms. The molecular formula is C17H14BrFN2O2. The van der Waals surface area contributed by atoms with E-state index in [1.54, 1.807) is 6.07 Å². The van der Waals surface area contributed by atoms with E-state index in [4.69, 9.17) is 0 Å². The summed E-state index contributed by atoms with van der Waals surface area (Å²) in [6.45, 7) is 1.42. The standard InChI is InChI=1S/C17H14BrFN2O2/c1-10(22)21-15-5-3-2-4-11(15)8-16(21)17(23)20-14-7-6-12(18)9-13(14)19/h2-7,9,16H,8H2,1H3,(H,20,23). The number of hydrogen-bond donors (Lipinski definition) is 1. The Labute approximate surface area is 141 Å². The number of carbonyl (C=O) groups excluding carboxylic acids is 2. The van der Waals surface area contributed by atoms with Crippen LogP contribution in [0.3, 0.4) is 0 Å². The van der Waals surface area contributed by atoms with Gasteiger partial charge in [-0.1, -0.05) is 34.1 Å². The topological polar surface area (TPSA) is 49.4 Å². The Bertz CT molecular complexity index is 794. The molecule has 0 aromatic heterocycles. The number of anilines is 2. The zero-order chi connectivity index (χ0) is 16.6. The van der Waals surface area contributed by atoms with E-state index in [0.29, 0.717) is 10.9 Å². The van der Waals surface area contributed by atoms with Crippen LogP contribution >= 0.6 is 15.9 Å². The second-order valence-corrected chi connectivity index (χ2v) is 6.27. The Morgan fingerprint density at radius 1 is 1.26 bits per heavy atom. The van der Waals surface area contributed by atoms with Gasteiger partial charge in [-0.25, -0.2) is 4.39 Å². The van der Waals surface area contributed by atoms with Gasteiger partial charge in [0.15, 0.2) is 0 Å². The van der Waals surface area contributed by atoms with E-state index in [-0.39, 0.29) is 11.6 Å². The molecule has 1 atom stereocenters. The number of rotatable bonds is 2. The smallest absolute Gasteiger partial charge is 0.247 e. The minimum absolute atomic E-state index is 0.0951. The van der Waals surface area contributed by atoms with Gasteiger partial charge in [-0.05, 0) is 29.8 Å². The fourth-order valence-electron chi connectivity index (χ4n) is 2.79. The van der Waals surface area contributed by atoms with Crippen molar-refractivity contribution in [3.8, 4) is 0 Å². The van der Waals surface area contributed by atoms with Gasteiger partial charge in [0.1, 0.15) is 11.9 Å². The molecule has 0 spiro atoms. The predicted molar refractivity (Wildman–Crippen MR) is 89.8 cm³/mol. The summed E-state index contributed by atoms with van der Waals surface area (Å²) in [7, 11) is 0. The van der Waals surface area contributed by atoms with Crippen molar-refractivity contribution >= 4 is 39.1 Å². The van der Waals surface area contributed by atoms with E-state index in [9.17, 15) is 14.0 Å². The summed E-state index contributed by atoms with van der Waals surface area (Å²) in [6, 6.07) is 11.1. The van der Waals surface area contributed by atoms with Crippen LogP contribution in [0.4, 0.5) is 15.8 Å². The number of nitrogens with zero attached hydrogens (tertiary/aromatic N) is 1. The molecule has 23 heavy (non-hydrogen) atoms. The first-order valence-corrected chi connectivity index (χ1v) is 7.90. The lowest BCUT2D eigenvalue weighted by Crippen LogP contribution is -2.44. The summed E-state index contributed by atoms with van der Waals surface area (Å²) in [6.07, 6.45) is 0.416. The molecule has 2 aromatic carbocycles. The molecule has 0 radical (unpaired) electrons. The number of benzene rings is 2. The van der Waals surface area contributed by atoms with Gasteiger partial charge in [-0.2, -0.15) is 0 Å². The van der Waals surface area contributed by atoms with E-state index < -0.39 is 17.8 Å². The van der Waals surface area contributed by atoms with Crippen molar-refractivity contribution in [2.45, 2.75) is 19.4 Å². The van der Waals surface area contributed by atoms with Gasteiger partial charge in [0.05, 0.1) is 5.69 Å². The van der Waals surface area contributed by atoms with Gasteiger partial charge in [0, 0.05) is 23.5 Å². The van der Waals surface area contributed by atoms with Gasteiger partial charge < -0.3 is 5.32 Å². The number of carbonyl (C=O) groups is 2. The first kappa shape index (κ1) is 15.7. The molecule has 0 fully saturated rings. The molecule has 0 aliphatic carbocycles. The maximum absolute atomic E-state index is 13.9. The number of para-hydroxylation sites is 1. The Hall–Kier alpha value is -2.21. The lowest BCUT2D eigenvalue weighted by molar-refractivity contribution is -0.122. The molecule has 1 aliphatic rings. The maximum atomic E-state index is 13.9. The molecule has 3 rings (SSSR count). The molecule has 118 valence electrons. The normalized spacial score (nSPS) is 16.1. The second-order valence-electron chi connectivity index (χ2n) is 5.35. The maximum Gasteiger partial charge on any atom is 0.247 e. The highest BCUT2D eigenvalue weighted by Gasteiger charge is 2.36. The van der Waals surface area contributed by atoms with Gasteiger partial charge in [-0.15, -0.1) is 0 Å². The lowest BCUT2D eigenvalue weighted by Gasteiger charge is -2.23. The molecule has 4 nitrogen and oxygen atoms in total. The van der Waals surface area contributed by atoms with Crippen molar-refractivity contribution in [2.75, 3.05) is 10.2 Å². The fraction of sp³-hybridized carbons (Fsp3) is 0.176. The van der Waals surface area contributed by atoms with E-state index in [1.165, 1.54) is 24.0 Å². The van der Waals surface area contributed by atoms with Crippen LogP contribution in [0.2, 0.25) is 0 Å². The minimum Gasteiger partial charge on any atom is -0.322 e. The Balaban J connectivity index is 1.86. The predicted octanol–water partition coefficient (Wildman–Crippen LogP) is 3.50. The number of amides is 2. The van der Waals surface area contributed by atoms with Crippen molar-refractivity contribution in [2.24, 2.45) is 0 Å². The first-order chi connectivity index (χ1) is 11.0. The quantitative estimate of drug-likeness (QED) is 0.871. The summed E-state index contributed by atoms with van der Waals surface area (Å²) in [5.74, 6) is -1.15. The average Bonchev–Trinajstić information content (AvgIpc) is 2.89. The zero-order valence-corrected chi connectivity index (χ0v) is 13.9. The van der Waals surface area contributed by atoms with Crippen LogP contribution in [-0.4, -0.2) is 17.9 Å². The van der Waals surface area contributed by atoms with Gasteiger partial charge in [-0.3, -0.25) is 14.5 Å². The Kier molecular flexibility index (Phi) is 4.17. The van der Waals surface area contributed by atoms with E-state index >= 15 is 0 Å². The Morgan fingerprint density at radius 3 is 2.70 bits per heavy atom. The highest BCUT2D eigenvalue weighted by Crippen LogP contribution is 2.32. The number of halogens is 2. The molecule has 0 saturated heterocycles. The largest absolute Gasteiger partial charge is 0.322 e. The summed E-state index contributed by atoms with van der Waals surface area (Å²) in [4.78, 5) is 26.0. The summed E-state index contributed by atoms with van der Waals surface area (Å²) >= 11 is 3.17. The molecule has 2 aromatic rings. The van der Waals surface area contributed by atoms with Crippen LogP contribution in [0.15, 0.2) is 46.9 Å². The van der Waals surface area contributed by atoms with Crippen LogP contribution in [0.1, 0.15) is 12.5 Å². The van der Waals surface area contributed by atoms with Crippen LogP contribution in [0, 0.1) is 5.82 Å². The third kappa shape index (κ3) is 2.99. The van der Waals surface area contributed by atoms with Crippen molar-refractivity contribution in [3.63, 3.8) is 0 Å². The van der Waals surface area contributed by atoms with Gasteiger partial charge >= 0.3 is 0 Å². The number of hydrogen-bond acceptors (Lipinski definition) is 2. The summed E-state index contributed by atoms with van der Waals surface area (Å²) in [5, 5.41) is 2.57. The van der Waals surface area contributed by atoms with E-state index in [1.807, 2.05) is 24.3 Å². The van der Waals surface area contributed by atoms with Crippen molar-refractivity contribution in [3.05, 3.63) is 58.3 Å². The Morgan fingerprint density at radius 2 is 2.00 bits per heavy atom. The SMILES string of the molecule is CC(=O)N1c2ccccc2CC1C(=O)Nc1ccc(Br)cc1F. The van der Waals surface area contributed by atoms with Crippen LogP contribution in [-0.2, 0) is 16.0 Å². The zero-order valence-electron chi connectivity index (χ0n) is 12.3. The van der Waals surface area contributed by atoms with Gasteiger partial charge in [0.25, 0.3) is 0 Å². The summed E-state index contributed by atoms with van der Waals surface area (Å²) in [5.41, 5.74) is 1.76. The first-order valence-electron chi connectivity index (χ1n) is 7.11. The monoisotopic (exact) mass is 376 g/mol. The third-order valence-electron chi connectivity index (χ3n) is 3.81. The molecule has 1 unspecified atom stereocenters. The molecule has 6 heteroatoms. The van der Waals surface area contributed by atoms with Crippen molar-refractivity contribution in [1.29, 1.82) is 0 Å². The van der Waals surface area contributed by atoms with Crippen molar-refractivity contribution < 1.29 is 14.0 Å². The summed E-state index contributed by atoms with van der Waals surface area (Å²) < 4.78 is 14.5. The molecule has 1 N–H and O–H groups in total. The van der Waals surface area contributed by atoms with Crippen LogP contribution < -0.4 is 10.2 Å². The number of nitrogens with one attached hydrogen (secondary N) is 1. The lowest BCUT2D eigenvalue weighted by atomic mass is 10.1. The van der Waals surface area contributed by atoms with Gasteiger partial charge in [0.2, 0.25) is 11.8 Å². The van der Waals surface area contributed by atoms with E-state index in [0.717, 1.165) is 11.3 Å². The highest BCUT2D eigenvalue weighted by molar-refractivity contribution is 9.10. The van der Waals surface area contributed by atoms with E-state index in [2.05, 4.69) is 21.2 Å². The van der Waals surface area contributed by atoms with Crippen LogP contribution in [0.5, 0.6) is 0 Å². The molecular weight excluding hydrogens is 363 g/mol. The highest BCUT2D eigenvalue weighted by atomic mass is 79.9. The fourth-order valence-corrected chi connectivity index (χ4v) is 3.13. The second kappa shape index (κ2) is 6.12. The molecule has 1 heterocycles. The average molecular weight is 377 g/mol. The third-order valence-corrected chi connectivity index (χ3v) is 4.30.